The molecule has 0 aliphatic rings. The largest absolute Gasteiger partial charge is 0.330 e. The van der Waals surface area contributed by atoms with E-state index in [2.05, 4.69) is 0 Å². The first-order valence-electron chi connectivity index (χ1n) is 6.19. The van der Waals surface area contributed by atoms with E-state index in [1.54, 1.807) is 14.0 Å². The zero-order chi connectivity index (χ0) is 14.3. The zero-order valence-corrected chi connectivity index (χ0v) is 11.9. The molecule has 0 spiro atoms. The van der Waals surface area contributed by atoms with Gasteiger partial charge in [0.2, 0.25) is 0 Å². The highest BCUT2D eigenvalue weighted by Gasteiger charge is 2.15. The standard InChI is InChI=1S/C15H18N2O2/c1-9-6-7-12(10(2)8-9)13-11(3)16(4)15(19)17(5)14(13)18/h6-8H,1-5H3. The third-order valence-electron chi connectivity index (χ3n) is 3.61. The predicted octanol–water partition coefficient (Wildman–Crippen LogP) is 1.68. The van der Waals surface area contributed by atoms with Crippen LogP contribution in [0.15, 0.2) is 27.8 Å². The molecule has 100 valence electrons. The normalized spacial score (nSPS) is 10.8. The van der Waals surface area contributed by atoms with Gasteiger partial charge in [0.1, 0.15) is 0 Å². The maximum Gasteiger partial charge on any atom is 0.330 e. The second-order valence-corrected chi connectivity index (χ2v) is 4.98. The van der Waals surface area contributed by atoms with Crippen LogP contribution in [0.5, 0.6) is 0 Å². The van der Waals surface area contributed by atoms with E-state index in [4.69, 9.17) is 0 Å². The maximum atomic E-state index is 12.3. The molecule has 1 aromatic heterocycles. The summed E-state index contributed by atoms with van der Waals surface area (Å²) in [5.41, 5.74) is 3.84. The molecular weight excluding hydrogens is 240 g/mol. The summed E-state index contributed by atoms with van der Waals surface area (Å²) in [6.07, 6.45) is 0. The summed E-state index contributed by atoms with van der Waals surface area (Å²) in [7, 11) is 3.20. The van der Waals surface area contributed by atoms with E-state index in [-0.39, 0.29) is 11.2 Å². The van der Waals surface area contributed by atoms with Gasteiger partial charge < -0.3 is 4.57 Å². The first-order valence-corrected chi connectivity index (χ1v) is 6.19. The van der Waals surface area contributed by atoms with E-state index in [0.29, 0.717) is 11.3 Å². The van der Waals surface area contributed by atoms with Gasteiger partial charge in [0.05, 0.1) is 5.56 Å². The van der Waals surface area contributed by atoms with E-state index in [9.17, 15) is 9.59 Å². The summed E-state index contributed by atoms with van der Waals surface area (Å²) >= 11 is 0. The van der Waals surface area contributed by atoms with Crippen LogP contribution >= 0.6 is 0 Å². The average Bonchev–Trinajstić information content (AvgIpc) is 2.37. The summed E-state index contributed by atoms with van der Waals surface area (Å²) in [6.45, 7) is 5.80. The highest BCUT2D eigenvalue weighted by atomic mass is 16.2. The number of nitrogens with zero attached hydrogens (tertiary/aromatic N) is 2. The van der Waals surface area contributed by atoms with Gasteiger partial charge >= 0.3 is 5.69 Å². The lowest BCUT2D eigenvalue weighted by atomic mass is 9.98. The van der Waals surface area contributed by atoms with E-state index < -0.39 is 0 Å². The minimum absolute atomic E-state index is 0.243. The van der Waals surface area contributed by atoms with Gasteiger partial charge in [-0.05, 0) is 31.9 Å². The fourth-order valence-corrected chi connectivity index (χ4v) is 2.35. The van der Waals surface area contributed by atoms with Crippen molar-refractivity contribution in [2.45, 2.75) is 20.8 Å². The van der Waals surface area contributed by atoms with Gasteiger partial charge in [0, 0.05) is 19.8 Å². The molecule has 2 rings (SSSR count). The highest BCUT2D eigenvalue weighted by molar-refractivity contribution is 5.68. The molecule has 1 heterocycles. The number of aromatic nitrogens is 2. The molecule has 0 aliphatic heterocycles. The fourth-order valence-electron chi connectivity index (χ4n) is 2.35. The average molecular weight is 258 g/mol. The van der Waals surface area contributed by atoms with Crippen molar-refractivity contribution < 1.29 is 0 Å². The van der Waals surface area contributed by atoms with Gasteiger partial charge in [-0.15, -0.1) is 0 Å². The van der Waals surface area contributed by atoms with Crippen LogP contribution in [0, 0.1) is 20.8 Å². The van der Waals surface area contributed by atoms with Crippen molar-refractivity contribution in [3.8, 4) is 11.1 Å². The molecule has 0 saturated heterocycles. The Balaban J connectivity index is 2.91. The van der Waals surface area contributed by atoms with E-state index in [1.165, 1.54) is 11.6 Å². The van der Waals surface area contributed by atoms with Gasteiger partial charge in [-0.1, -0.05) is 23.8 Å². The van der Waals surface area contributed by atoms with Crippen LogP contribution in [0.4, 0.5) is 0 Å². The summed E-state index contributed by atoms with van der Waals surface area (Å²) in [6, 6.07) is 5.96. The van der Waals surface area contributed by atoms with Gasteiger partial charge in [-0.3, -0.25) is 9.36 Å². The summed E-state index contributed by atoms with van der Waals surface area (Å²) in [5.74, 6) is 0. The third kappa shape index (κ3) is 2.03. The molecule has 2 aromatic rings. The number of hydrogen-bond acceptors (Lipinski definition) is 2. The van der Waals surface area contributed by atoms with Gasteiger partial charge in [0.25, 0.3) is 5.56 Å². The molecule has 1 aromatic carbocycles. The van der Waals surface area contributed by atoms with Crippen molar-refractivity contribution in [1.29, 1.82) is 0 Å². The van der Waals surface area contributed by atoms with Crippen LogP contribution < -0.4 is 11.2 Å². The Morgan fingerprint density at radius 2 is 1.58 bits per heavy atom. The van der Waals surface area contributed by atoms with Crippen molar-refractivity contribution in [3.63, 3.8) is 0 Å². The van der Waals surface area contributed by atoms with E-state index in [1.807, 2.05) is 32.0 Å². The summed E-state index contributed by atoms with van der Waals surface area (Å²) in [4.78, 5) is 24.2. The smallest absolute Gasteiger partial charge is 0.300 e. The lowest BCUT2D eigenvalue weighted by Crippen LogP contribution is -2.39. The fraction of sp³-hybridized carbons (Fsp3) is 0.333. The molecule has 0 unspecified atom stereocenters. The predicted molar refractivity (Wildman–Crippen MR) is 76.6 cm³/mol. The molecule has 0 aliphatic carbocycles. The van der Waals surface area contributed by atoms with Crippen LogP contribution in [0.25, 0.3) is 11.1 Å². The molecule has 0 saturated carbocycles. The van der Waals surface area contributed by atoms with Crippen LogP contribution in [0.2, 0.25) is 0 Å². The minimum Gasteiger partial charge on any atom is -0.300 e. The Bertz CT molecular complexity index is 767. The minimum atomic E-state index is -0.295. The summed E-state index contributed by atoms with van der Waals surface area (Å²) in [5, 5.41) is 0. The quantitative estimate of drug-likeness (QED) is 0.781. The molecule has 19 heavy (non-hydrogen) atoms. The van der Waals surface area contributed by atoms with Crippen molar-refractivity contribution in [1.82, 2.24) is 9.13 Å². The Labute approximate surface area is 111 Å². The lowest BCUT2D eigenvalue weighted by molar-refractivity contribution is 0.671. The van der Waals surface area contributed by atoms with E-state index in [0.717, 1.165) is 21.3 Å². The van der Waals surface area contributed by atoms with Crippen LogP contribution in [-0.2, 0) is 14.1 Å². The number of benzene rings is 1. The lowest BCUT2D eigenvalue weighted by Gasteiger charge is -2.14. The van der Waals surface area contributed by atoms with E-state index >= 15 is 0 Å². The molecule has 0 atom stereocenters. The Kier molecular flexibility index (Phi) is 3.18. The number of rotatable bonds is 1. The maximum absolute atomic E-state index is 12.3. The molecule has 4 nitrogen and oxygen atoms in total. The zero-order valence-electron chi connectivity index (χ0n) is 11.9. The van der Waals surface area contributed by atoms with Crippen LogP contribution in [-0.4, -0.2) is 9.13 Å². The van der Waals surface area contributed by atoms with Crippen molar-refractivity contribution >= 4 is 0 Å². The molecule has 0 radical (unpaired) electrons. The topological polar surface area (TPSA) is 44.0 Å². The van der Waals surface area contributed by atoms with Crippen molar-refractivity contribution in [3.05, 3.63) is 55.9 Å². The first kappa shape index (κ1) is 13.3. The van der Waals surface area contributed by atoms with Gasteiger partial charge in [0.15, 0.2) is 0 Å². The Morgan fingerprint density at radius 3 is 2.16 bits per heavy atom. The molecule has 0 amide bonds. The number of aryl methyl sites for hydroxylation is 2. The molecule has 0 bridgehead atoms. The highest BCUT2D eigenvalue weighted by Crippen LogP contribution is 2.23. The first-order chi connectivity index (χ1) is 8.84. The third-order valence-corrected chi connectivity index (χ3v) is 3.61. The molecule has 4 heteroatoms. The van der Waals surface area contributed by atoms with Crippen LogP contribution in [0.1, 0.15) is 16.8 Å². The molecule has 0 fully saturated rings. The van der Waals surface area contributed by atoms with Gasteiger partial charge in [-0.2, -0.15) is 0 Å². The van der Waals surface area contributed by atoms with Crippen LogP contribution in [0.3, 0.4) is 0 Å². The second-order valence-electron chi connectivity index (χ2n) is 4.98. The Morgan fingerprint density at radius 1 is 0.947 bits per heavy atom. The monoisotopic (exact) mass is 258 g/mol. The van der Waals surface area contributed by atoms with Crippen molar-refractivity contribution in [2.75, 3.05) is 0 Å². The second kappa shape index (κ2) is 4.53. The number of hydrogen-bond donors (Lipinski definition) is 0. The summed E-state index contributed by atoms with van der Waals surface area (Å²) < 4.78 is 2.66. The molecule has 0 N–H and O–H groups in total. The van der Waals surface area contributed by atoms with Gasteiger partial charge in [-0.25, -0.2) is 4.79 Å². The Hall–Kier alpha value is -2.10. The SMILES string of the molecule is Cc1ccc(-c2c(C)n(C)c(=O)n(C)c2=O)c(C)c1. The van der Waals surface area contributed by atoms with Crippen molar-refractivity contribution in [2.24, 2.45) is 14.1 Å². The molecular formula is C15H18N2O2.